The van der Waals surface area contributed by atoms with Gasteiger partial charge >= 0.3 is 6.61 Å². The summed E-state index contributed by atoms with van der Waals surface area (Å²) in [5.41, 5.74) is 0. The lowest BCUT2D eigenvalue weighted by Gasteiger charge is -1.88. The third kappa shape index (κ3) is 5.40. The Balaban J connectivity index is 2.97. The number of allylic oxidation sites excluding steroid dienone is 1. The highest BCUT2D eigenvalue weighted by atomic mass is 19.3. The van der Waals surface area contributed by atoms with Crippen LogP contribution in [-0.2, 0) is 4.74 Å². The maximum Gasteiger partial charge on any atom is 0.507 e. The van der Waals surface area contributed by atoms with Crippen molar-refractivity contribution in [1.82, 2.24) is 0 Å². The highest BCUT2D eigenvalue weighted by Crippen LogP contribution is 2.03. The number of hydrogen-bond acceptors (Lipinski definition) is 1. The van der Waals surface area contributed by atoms with Crippen LogP contribution in [0.2, 0.25) is 0 Å². The van der Waals surface area contributed by atoms with Gasteiger partial charge in [0.1, 0.15) is 0 Å². The van der Waals surface area contributed by atoms with E-state index >= 15 is 0 Å². The molecule has 41 valence electrons. The van der Waals surface area contributed by atoms with Gasteiger partial charge in [0.2, 0.25) is 0 Å². The quantitative estimate of drug-likeness (QED) is 0.490. The van der Waals surface area contributed by atoms with Gasteiger partial charge in [0.25, 0.3) is 0 Å². The third-order valence-corrected chi connectivity index (χ3v) is 0.293. The predicted octanol–water partition coefficient (Wildman–Crippen LogP) is 1.92. The summed E-state index contributed by atoms with van der Waals surface area (Å²) in [7, 11) is 0. The summed E-state index contributed by atoms with van der Waals surface area (Å²) in [6, 6.07) is 0. The largest absolute Gasteiger partial charge is 0.507 e. The topological polar surface area (TPSA) is 9.23 Å². The van der Waals surface area contributed by atoms with E-state index in [9.17, 15) is 8.78 Å². The van der Waals surface area contributed by atoms with Gasteiger partial charge in [0.15, 0.2) is 0 Å². The molecule has 0 fully saturated rings. The lowest BCUT2D eigenvalue weighted by molar-refractivity contribution is 0.0380. The molecule has 0 spiro atoms. The Morgan fingerprint density at radius 2 is 2.14 bits per heavy atom. The highest BCUT2D eigenvalue weighted by Gasteiger charge is 2.00. The molecule has 0 atom stereocenters. The maximum atomic E-state index is 10.9. The van der Waals surface area contributed by atoms with Crippen LogP contribution < -0.4 is 0 Å². The standard InChI is InChI=1S/C4H5F2O/c1-2-3-7-4(5)6/h2-3H,1H3. The molecule has 0 aromatic rings. The Morgan fingerprint density at radius 3 is 2.29 bits per heavy atom. The van der Waals surface area contributed by atoms with Crippen LogP contribution in [0.5, 0.6) is 0 Å². The van der Waals surface area contributed by atoms with Crippen LogP contribution in [0.3, 0.4) is 0 Å². The van der Waals surface area contributed by atoms with Gasteiger partial charge in [0.05, 0.1) is 6.26 Å². The van der Waals surface area contributed by atoms with Gasteiger partial charge in [-0.1, -0.05) is 6.08 Å². The van der Waals surface area contributed by atoms with E-state index in [1.165, 1.54) is 6.08 Å². The molecule has 3 heteroatoms. The smallest absolute Gasteiger partial charge is 0.433 e. The SMILES string of the molecule is CC=CO[C](F)F. The number of ether oxygens (including phenoxy) is 1. The average Bonchev–Trinajstić information content (AvgIpc) is 1.61. The zero-order valence-corrected chi connectivity index (χ0v) is 3.82. The Morgan fingerprint density at radius 1 is 1.57 bits per heavy atom. The summed E-state index contributed by atoms with van der Waals surface area (Å²) >= 11 is 0. The second-order valence-corrected chi connectivity index (χ2v) is 0.813. The Labute approximate surface area is 40.6 Å². The van der Waals surface area contributed by atoms with E-state index in [0.29, 0.717) is 0 Å². The van der Waals surface area contributed by atoms with Gasteiger partial charge in [-0.2, -0.15) is 8.78 Å². The maximum absolute atomic E-state index is 10.9. The number of hydrogen-bond donors (Lipinski definition) is 0. The van der Waals surface area contributed by atoms with Crippen molar-refractivity contribution < 1.29 is 13.5 Å². The van der Waals surface area contributed by atoms with E-state index in [1.54, 1.807) is 6.92 Å². The van der Waals surface area contributed by atoms with Crippen LogP contribution >= 0.6 is 0 Å². The van der Waals surface area contributed by atoms with E-state index in [2.05, 4.69) is 4.74 Å². The monoisotopic (exact) mass is 107 g/mol. The van der Waals surface area contributed by atoms with Crippen LogP contribution in [0.1, 0.15) is 6.92 Å². The van der Waals surface area contributed by atoms with E-state index in [0.717, 1.165) is 6.26 Å². The molecule has 0 aliphatic rings. The first-order valence-corrected chi connectivity index (χ1v) is 1.73. The molecule has 7 heavy (non-hydrogen) atoms. The molecular weight excluding hydrogens is 102 g/mol. The molecule has 0 aliphatic heterocycles. The summed E-state index contributed by atoms with van der Waals surface area (Å²) in [5.74, 6) is 0. The molecule has 0 unspecified atom stereocenters. The first-order valence-electron chi connectivity index (χ1n) is 1.73. The number of rotatable bonds is 2. The molecule has 0 amide bonds. The molecular formula is C4H5F2O. The van der Waals surface area contributed by atoms with Crippen molar-refractivity contribution in [2.24, 2.45) is 0 Å². The highest BCUT2D eigenvalue weighted by molar-refractivity contribution is 4.66. The fourth-order valence-corrected chi connectivity index (χ4v) is 0.119. The second kappa shape index (κ2) is 3.59. The molecule has 0 bridgehead atoms. The van der Waals surface area contributed by atoms with Gasteiger partial charge < -0.3 is 4.74 Å². The van der Waals surface area contributed by atoms with Crippen molar-refractivity contribution in [3.63, 3.8) is 0 Å². The third-order valence-electron chi connectivity index (χ3n) is 0.293. The average molecular weight is 107 g/mol. The first kappa shape index (κ1) is 6.40. The van der Waals surface area contributed by atoms with Gasteiger partial charge in [0, 0.05) is 0 Å². The molecule has 1 nitrogen and oxygen atoms in total. The molecule has 0 saturated carbocycles. The van der Waals surface area contributed by atoms with Crippen LogP contribution in [0.25, 0.3) is 0 Å². The van der Waals surface area contributed by atoms with Crippen LogP contribution in [0.15, 0.2) is 12.3 Å². The van der Waals surface area contributed by atoms with E-state index in [4.69, 9.17) is 0 Å². The van der Waals surface area contributed by atoms with E-state index in [1.807, 2.05) is 0 Å². The Kier molecular flexibility index (Phi) is 3.28. The normalized spacial score (nSPS) is 10.9. The minimum atomic E-state index is -2.03. The van der Waals surface area contributed by atoms with Crippen LogP contribution in [0.4, 0.5) is 8.78 Å². The van der Waals surface area contributed by atoms with Crippen molar-refractivity contribution >= 4 is 0 Å². The minimum Gasteiger partial charge on any atom is -0.433 e. The van der Waals surface area contributed by atoms with Gasteiger partial charge in [-0.3, -0.25) is 0 Å². The van der Waals surface area contributed by atoms with Crippen molar-refractivity contribution in [2.75, 3.05) is 0 Å². The molecule has 0 saturated heterocycles. The van der Waals surface area contributed by atoms with Crippen molar-refractivity contribution in [1.29, 1.82) is 0 Å². The van der Waals surface area contributed by atoms with Gasteiger partial charge in [-0.25, -0.2) is 0 Å². The van der Waals surface area contributed by atoms with E-state index < -0.39 is 6.61 Å². The van der Waals surface area contributed by atoms with Gasteiger partial charge in [-0.05, 0) is 6.92 Å². The van der Waals surface area contributed by atoms with Crippen LogP contribution in [-0.4, -0.2) is 0 Å². The summed E-state index contributed by atoms with van der Waals surface area (Å²) in [5, 5.41) is 0. The summed E-state index contributed by atoms with van der Waals surface area (Å²) < 4.78 is 25.3. The zero-order valence-electron chi connectivity index (χ0n) is 3.82. The summed E-state index contributed by atoms with van der Waals surface area (Å²) in [6.45, 7) is -0.443. The zero-order chi connectivity index (χ0) is 5.70. The molecule has 1 radical (unpaired) electrons. The van der Waals surface area contributed by atoms with Crippen LogP contribution in [0, 0.1) is 6.61 Å². The summed E-state index contributed by atoms with van der Waals surface area (Å²) in [6.07, 6.45) is 2.29. The Bertz CT molecular complexity index is 60.7. The Hall–Kier alpha value is -0.600. The number of halogens is 2. The van der Waals surface area contributed by atoms with Crippen molar-refractivity contribution in [3.05, 3.63) is 18.9 Å². The minimum absolute atomic E-state index is 0.912. The van der Waals surface area contributed by atoms with Crippen molar-refractivity contribution in [3.8, 4) is 0 Å². The summed E-state index contributed by atoms with van der Waals surface area (Å²) in [4.78, 5) is 0. The van der Waals surface area contributed by atoms with Crippen molar-refractivity contribution in [2.45, 2.75) is 6.92 Å². The molecule has 0 aromatic heterocycles. The molecule has 0 heterocycles. The predicted molar refractivity (Wildman–Crippen MR) is 21.4 cm³/mol. The molecule has 0 N–H and O–H groups in total. The lowest BCUT2D eigenvalue weighted by Crippen LogP contribution is -1.77. The molecule has 0 aliphatic carbocycles. The van der Waals surface area contributed by atoms with Gasteiger partial charge in [-0.15, -0.1) is 0 Å². The molecule has 0 aromatic carbocycles. The fourth-order valence-electron chi connectivity index (χ4n) is 0.119. The second-order valence-electron chi connectivity index (χ2n) is 0.813. The fraction of sp³-hybridized carbons (Fsp3) is 0.250. The first-order chi connectivity index (χ1) is 3.27. The lowest BCUT2D eigenvalue weighted by atomic mass is 10.7. The van der Waals surface area contributed by atoms with E-state index in [-0.39, 0.29) is 0 Å². The molecule has 0 rings (SSSR count).